The van der Waals surface area contributed by atoms with Crippen LogP contribution in [0.15, 0.2) is 64.8 Å². The molecule has 2 heterocycles. The van der Waals surface area contributed by atoms with Crippen LogP contribution >= 0.6 is 0 Å². The number of ether oxygens (including phenoxy) is 1. The van der Waals surface area contributed by atoms with Gasteiger partial charge < -0.3 is 9.72 Å². The Balaban J connectivity index is 1.29. The van der Waals surface area contributed by atoms with Crippen LogP contribution in [0.25, 0.3) is 21.9 Å². The number of aromatic nitrogens is 3. The van der Waals surface area contributed by atoms with E-state index in [4.69, 9.17) is 4.74 Å². The van der Waals surface area contributed by atoms with Gasteiger partial charge in [-0.2, -0.15) is 9.78 Å². The topological polar surface area (TPSA) is 72.3 Å². The number of H-pyrrole nitrogens is 1. The van der Waals surface area contributed by atoms with Crippen LogP contribution in [0.4, 0.5) is 0 Å². The average molecular weight is 445 g/mol. The Morgan fingerprint density at radius 2 is 1.70 bits per heavy atom. The molecule has 0 spiro atoms. The summed E-state index contributed by atoms with van der Waals surface area (Å²) in [5.74, 6) is 0.855. The first-order valence-electron chi connectivity index (χ1n) is 12.0. The minimum absolute atomic E-state index is 0.224. The molecule has 0 fully saturated rings. The predicted molar refractivity (Wildman–Crippen MR) is 135 cm³/mol. The molecule has 0 saturated carbocycles. The third kappa shape index (κ3) is 5.89. The van der Waals surface area contributed by atoms with Gasteiger partial charge in [0.2, 0.25) is 0 Å². The molecular formula is C27H32N4O2. The van der Waals surface area contributed by atoms with Gasteiger partial charge in [-0.25, -0.2) is 4.98 Å². The molecule has 0 radical (unpaired) electrons. The first kappa shape index (κ1) is 22.8. The van der Waals surface area contributed by atoms with Crippen LogP contribution in [0.1, 0.15) is 63.9 Å². The summed E-state index contributed by atoms with van der Waals surface area (Å²) in [4.78, 5) is 20.4. The minimum atomic E-state index is -0.224. The van der Waals surface area contributed by atoms with Crippen LogP contribution < -0.4 is 10.3 Å². The number of aromatic amines is 1. The molecule has 2 aromatic carbocycles. The molecule has 0 saturated heterocycles. The number of hydrogen-bond acceptors (Lipinski definition) is 4. The fraction of sp³-hybridized carbons (Fsp3) is 0.370. The molecule has 0 unspecified atom stereocenters. The zero-order chi connectivity index (χ0) is 22.9. The van der Waals surface area contributed by atoms with Gasteiger partial charge in [-0.05, 0) is 42.3 Å². The van der Waals surface area contributed by atoms with Crippen molar-refractivity contribution >= 4 is 28.2 Å². The fourth-order valence-electron chi connectivity index (χ4n) is 3.98. The SMILES string of the molecule is CCCCCCCCCCOc1ccc(/C=N\n2cnc3c([nH]c4ccccc43)c2=O)cc1. The van der Waals surface area contributed by atoms with Crippen LogP contribution in [0.3, 0.4) is 0 Å². The molecule has 0 atom stereocenters. The van der Waals surface area contributed by atoms with E-state index in [9.17, 15) is 4.79 Å². The average Bonchev–Trinajstić information content (AvgIpc) is 3.23. The lowest BCUT2D eigenvalue weighted by atomic mass is 10.1. The third-order valence-corrected chi connectivity index (χ3v) is 5.87. The molecule has 4 rings (SSSR count). The summed E-state index contributed by atoms with van der Waals surface area (Å²) in [6, 6.07) is 15.5. The van der Waals surface area contributed by atoms with E-state index in [-0.39, 0.29) is 5.56 Å². The lowest BCUT2D eigenvalue weighted by Gasteiger charge is -2.06. The van der Waals surface area contributed by atoms with E-state index in [2.05, 4.69) is 22.0 Å². The van der Waals surface area contributed by atoms with Crippen molar-refractivity contribution in [3.05, 3.63) is 70.8 Å². The van der Waals surface area contributed by atoms with Crippen molar-refractivity contribution < 1.29 is 4.74 Å². The first-order valence-corrected chi connectivity index (χ1v) is 12.0. The van der Waals surface area contributed by atoms with E-state index in [1.807, 2.05) is 48.5 Å². The summed E-state index contributed by atoms with van der Waals surface area (Å²) >= 11 is 0. The van der Waals surface area contributed by atoms with Crippen molar-refractivity contribution in [3.8, 4) is 5.75 Å². The van der Waals surface area contributed by atoms with Crippen molar-refractivity contribution in [1.29, 1.82) is 0 Å². The van der Waals surface area contributed by atoms with Crippen LogP contribution in [0, 0.1) is 0 Å². The number of unbranched alkanes of at least 4 members (excludes halogenated alkanes) is 7. The number of fused-ring (bicyclic) bond motifs is 3. The second-order valence-corrected chi connectivity index (χ2v) is 8.43. The van der Waals surface area contributed by atoms with Crippen molar-refractivity contribution in [2.45, 2.75) is 58.3 Å². The minimum Gasteiger partial charge on any atom is -0.494 e. The Morgan fingerprint density at radius 1 is 0.970 bits per heavy atom. The van der Waals surface area contributed by atoms with Gasteiger partial charge in [0.25, 0.3) is 5.56 Å². The summed E-state index contributed by atoms with van der Waals surface area (Å²) in [7, 11) is 0. The molecule has 172 valence electrons. The first-order chi connectivity index (χ1) is 16.3. The van der Waals surface area contributed by atoms with Gasteiger partial charge in [0.15, 0.2) is 0 Å². The predicted octanol–water partition coefficient (Wildman–Crippen LogP) is 6.28. The maximum atomic E-state index is 12.8. The Morgan fingerprint density at radius 3 is 2.48 bits per heavy atom. The summed E-state index contributed by atoms with van der Waals surface area (Å²) in [5.41, 5.74) is 2.68. The van der Waals surface area contributed by atoms with E-state index in [0.29, 0.717) is 11.0 Å². The maximum Gasteiger partial charge on any atom is 0.298 e. The summed E-state index contributed by atoms with van der Waals surface area (Å²) in [6.07, 6.45) is 13.4. The monoisotopic (exact) mass is 444 g/mol. The van der Waals surface area contributed by atoms with Gasteiger partial charge in [-0.3, -0.25) is 4.79 Å². The highest BCUT2D eigenvalue weighted by Crippen LogP contribution is 2.20. The van der Waals surface area contributed by atoms with Crippen molar-refractivity contribution in [2.24, 2.45) is 5.10 Å². The number of nitrogens with zero attached hydrogens (tertiary/aromatic N) is 3. The standard InChI is InChI=1S/C27H32N4O2/c1-2-3-4-5-6-7-8-11-18-33-22-16-14-21(15-17-22)19-29-31-20-28-25-23-12-9-10-13-24(23)30-26(25)27(31)32/h9-10,12-17,19-20,30H,2-8,11,18H2,1H3/b29-19-. The molecular weight excluding hydrogens is 412 g/mol. The second kappa shape index (κ2) is 11.5. The number of hydrogen-bond donors (Lipinski definition) is 1. The van der Waals surface area contributed by atoms with E-state index >= 15 is 0 Å². The molecule has 6 nitrogen and oxygen atoms in total. The van der Waals surface area contributed by atoms with Crippen molar-refractivity contribution in [3.63, 3.8) is 0 Å². The lowest BCUT2D eigenvalue weighted by Crippen LogP contribution is -2.17. The Hall–Kier alpha value is -3.41. The molecule has 4 aromatic rings. The van der Waals surface area contributed by atoms with Gasteiger partial charge in [-0.15, -0.1) is 0 Å². The van der Waals surface area contributed by atoms with Crippen molar-refractivity contribution in [2.75, 3.05) is 6.61 Å². The smallest absolute Gasteiger partial charge is 0.298 e. The number of nitrogens with one attached hydrogen (secondary N) is 1. The Kier molecular flexibility index (Phi) is 7.90. The summed E-state index contributed by atoms with van der Waals surface area (Å²) in [5, 5.41) is 5.24. The van der Waals surface area contributed by atoms with Crippen LogP contribution in [0.5, 0.6) is 5.75 Å². The molecule has 2 aromatic heterocycles. The maximum absolute atomic E-state index is 12.8. The lowest BCUT2D eigenvalue weighted by molar-refractivity contribution is 0.304. The number of para-hydroxylation sites is 1. The highest BCUT2D eigenvalue weighted by molar-refractivity contribution is 6.04. The quantitative estimate of drug-likeness (QED) is 0.206. The largest absolute Gasteiger partial charge is 0.494 e. The zero-order valence-electron chi connectivity index (χ0n) is 19.3. The molecule has 0 bridgehead atoms. The Labute approximate surface area is 194 Å². The summed E-state index contributed by atoms with van der Waals surface area (Å²) in [6.45, 7) is 2.99. The van der Waals surface area contributed by atoms with Gasteiger partial charge in [0.1, 0.15) is 23.1 Å². The molecule has 33 heavy (non-hydrogen) atoms. The molecule has 1 N–H and O–H groups in total. The molecule has 0 aliphatic rings. The van der Waals surface area contributed by atoms with Gasteiger partial charge >= 0.3 is 0 Å². The van der Waals surface area contributed by atoms with Gasteiger partial charge in [0, 0.05) is 10.9 Å². The molecule has 0 aliphatic heterocycles. The second-order valence-electron chi connectivity index (χ2n) is 8.43. The highest BCUT2D eigenvalue weighted by atomic mass is 16.5. The van der Waals surface area contributed by atoms with Gasteiger partial charge in [-0.1, -0.05) is 70.1 Å². The van der Waals surface area contributed by atoms with Crippen molar-refractivity contribution in [1.82, 2.24) is 14.6 Å². The molecule has 0 aliphatic carbocycles. The third-order valence-electron chi connectivity index (χ3n) is 5.87. The number of benzene rings is 2. The molecule has 0 amide bonds. The molecule has 6 heteroatoms. The van der Waals surface area contributed by atoms with Crippen LogP contribution in [-0.2, 0) is 0 Å². The van der Waals surface area contributed by atoms with E-state index in [0.717, 1.165) is 35.2 Å². The normalized spacial score (nSPS) is 11.7. The fourth-order valence-corrected chi connectivity index (χ4v) is 3.98. The van der Waals surface area contributed by atoms with Crippen LogP contribution in [-0.4, -0.2) is 27.5 Å². The van der Waals surface area contributed by atoms with Gasteiger partial charge in [0.05, 0.1) is 12.8 Å². The van der Waals surface area contributed by atoms with Crippen LogP contribution in [0.2, 0.25) is 0 Å². The zero-order valence-corrected chi connectivity index (χ0v) is 19.3. The van der Waals surface area contributed by atoms with E-state index in [1.54, 1.807) is 6.21 Å². The number of rotatable bonds is 12. The summed E-state index contributed by atoms with van der Waals surface area (Å²) < 4.78 is 7.11. The Bertz CT molecular complexity index is 1250. The van der Waals surface area contributed by atoms with E-state index < -0.39 is 0 Å². The van der Waals surface area contributed by atoms with E-state index in [1.165, 1.54) is 55.9 Å². The highest BCUT2D eigenvalue weighted by Gasteiger charge is 2.09.